The van der Waals surface area contributed by atoms with Crippen LogP contribution in [0.1, 0.15) is 37.7 Å². The van der Waals surface area contributed by atoms with Crippen LogP contribution in [-0.4, -0.2) is 36.7 Å². The van der Waals surface area contributed by atoms with Gasteiger partial charge in [0.05, 0.1) is 0 Å². The molecule has 2 fully saturated rings. The lowest BCUT2D eigenvalue weighted by Crippen LogP contribution is -2.39. The summed E-state index contributed by atoms with van der Waals surface area (Å²) in [6.07, 6.45) is 5.54. The summed E-state index contributed by atoms with van der Waals surface area (Å²) in [5, 5.41) is 3.64. The number of nitrogens with one attached hydrogen (secondary N) is 1. The molecule has 0 saturated carbocycles. The number of carbonyl (C=O) groups excluding carboxylic acids is 1. The lowest BCUT2D eigenvalue weighted by molar-refractivity contribution is -0.131. The molecule has 3 aliphatic heterocycles. The molecule has 2 saturated heterocycles. The molecule has 124 valence electrons. The summed E-state index contributed by atoms with van der Waals surface area (Å²) in [6.45, 7) is 0.902. The molecule has 0 aromatic heterocycles. The number of piperidine rings is 1. The van der Waals surface area contributed by atoms with Crippen molar-refractivity contribution in [3.63, 3.8) is 0 Å². The van der Waals surface area contributed by atoms with Crippen LogP contribution in [0, 0.1) is 5.92 Å². The lowest BCUT2D eigenvalue weighted by Gasteiger charge is -2.30. The van der Waals surface area contributed by atoms with Crippen LogP contribution in [-0.2, 0) is 11.3 Å². The van der Waals surface area contributed by atoms with E-state index in [0.29, 0.717) is 31.0 Å². The summed E-state index contributed by atoms with van der Waals surface area (Å²) in [4.78, 5) is 14.4. The third kappa shape index (κ3) is 3.15. The number of rotatable bonds is 4. The topological polar surface area (TPSA) is 50.8 Å². The first-order valence-electron chi connectivity index (χ1n) is 8.56. The number of fused-ring (bicyclic) bond motifs is 3. The molecule has 1 N–H and O–H groups in total. The van der Waals surface area contributed by atoms with E-state index in [1.807, 2.05) is 30.1 Å². The van der Waals surface area contributed by atoms with Crippen molar-refractivity contribution < 1.29 is 14.3 Å². The summed E-state index contributed by atoms with van der Waals surface area (Å²) < 4.78 is 10.7. The normalized spacial score (nSPS) is 28.0. The smallest absolute Gasteiger partial charge is 0.231 e. The van der Waals surface area contributed by atoms with Crippen LogP contribution in [0.15, 0.2) is 18.2 Å². The Morgan fingerprint density at radius 3 is 2.74 bits per heavy atom. The van der Waals surface area contributed by atoms with Gasteiger partial charge in [0.2, 0.25) is 12.7 Å². The molecule has 2 unspecified atom stereocenters. The van der Waals surface area contributed by atoms with Crippen LogP contribution in [0.5, 0.6) is 11.5 Å². The average molecular weight is 316 g/mol. The quantitative estimate of drug-likeness (QED) is 0.926. The molecule has 1 aromatic carbocycles. The molecular formula is C18H24N2O3. The molecule has 2 bridgehead atoms. The number of benzene rings is 1. The second-order valence-corrected chi connectivity index (χ2v) is 7.12. The molecule has 3 heterocycles. The molecule has 4 rings (SSSR count). The van der Waals surface area contributed by atoms with Crippen molar-refractivity contribution in [1.82, 2.24) is 10.2 Å². The zero-order valence-corrected chi connectivity index (χ0v) is 13.6. The van der Waals surface area contributed by atoms with E-state index >= 15 is 0 Å². The molecule has 1 amide bonds. The molecule has 3 aliphatic rings. The first-order valence-corrected chi connectivity index (χ1v) is 8.56. The Labute approximate surface area is 136 Å². The Kier molecular flexibility index (Phi) is 3.89. The van der Waals surface area contributed by atoms with Gasteiger partial charge in [-0.3, -0.25) is 4.79 Å². The zero-order chi connectivity index (χ0) is 15.8. The maximum absolute atomic E-state index is 12.5. The third-order valence-electron chi connectivity index (χ3n) is 5.32. The van der Waals surface area contributed by atoms with E-state index < -0.39 is 0 Å². The maximum Gasteiger partial charge on any atom is 0.231 e. The molecular weight excluding hydrogens is 292 g/mol. The van der Waals surface area contributed by atoms with E-state index in [9.17, 15) is 4.79 Å². The first kappa shape index (κ1) is 14.8. The minimum Gasteiger partial charge on any atom is -0.454 e. The van der Waals surface area contributed by atoms with Crippen LogP contribution in [0.25, 0.3) is 0 Å². The number of carbonyl (C=O) groups is 1. The molecule has 0 aliphatic carbocycles. The van der Waals surface area contributed by atoms with E-state index in [4.69, 9.17) is 9.47 Å². The summed E-state index contributed by atoms with van der Waals surface area (Å²) in [5.41, 5.74) is 1.08. The highest BCUT2D eigenvalue weighted by atomic mass is 16.7. The van der Waals surface area contributed by atoms with Gasteiger partial charge in [-0.2, -0.15) is 0 Å². The fraction of sp³-hybridized carbons (Fsp3) is 0.611. The van der Waals surface area contributed by atoms with Gasteiger partial charge in [0.25, 0.3) is 0 Å². The minimum absolute atomic E-state index is 0.244. The Bertz CT molecular complexity index is 592. The van der Waals surface area contributed by atoms with Crippen molar-refractivity contribution in [1.29, 1.82) is 0 Å². The molecule has 2 atom stereocenters. The number of hydrogen-bond donors (Lipinski definition) is 1. The fourth-order valence-corrected chi connectivity index (χ4v) is 4.15. The van der Waals surface area contributed by atoms with Gasteiger partial charge in [0.15, 0.2) is 11.5 Å². The summed E-state index contributed by atoms with van der Waals surface area (Å²) in [5.74, 6) is 2.35. The predicted molar refractivity (Wildman–Crippen MR) is 86.3 cm³/mol. The Balaban J connectivity index is 1.33. The Morgan fingerprint density at radius 1 is 1.22 bits per heavy atom. The number of nitrogens with zero attached hydrogens (tertiary/aromatic N) is 1. The van der Waals surface area contributed by atoms with E-state index in [-0.39, 0.29) is 12.7 Å². The summed E-state index contributed by atoms with van der Waals surface area (Å²) >= 11 is 0. The van der Waals surface area contributed by atoms with Crippen LogP contribution in [0.2, 0.25) is 0 Å². The maximum atomic E-state index is 12.5. The van der Waals surface area contributed by atoms with Crippen LogP contribution in [0.4, 0.5) is 0 Å². The molecule has 5 heteroatoms. The standard InChI is InChI=1S/C18H24N2O3/c1-20(10-12-2-5-16-17(8-12)23-11-22-16)18(21)9-13-6-14-3-4-15(7-13)19-14/h2,5,8,13-15,19H,3-4,6-7,9-11H2,1H3. The fourth-order valence-electron chi connectivity index (χ4n) is 4.15. The molecule has 1 aromatic rings. The van der Waals surface area contributed by atoms with E-state index in [1.54, 1.807) is 0 Å². The molecule has 5 nitrogen and oxygen atoms in total. The van der Waals surface area contributed by atoms with Gasteiger partial charge < -0.3 is 19.7 Å². The first-order chi connectivity index (χ1) is 11.2. The van der Waals surface area contributed by atoms with Crippen molar-refractivity contribution in [3.8, 4) is 11.5 Å². The highest BCUT2D eigenvalue weighted by molar-refractivity contribution is 5.76. The van der Waals surface area contributed by atoms with Gasteiger partial charge in [0, 0.05) is 32.1 Å². The van der Waals surface area contributed by atoms with Crippen LogP contribution >= 0.6 is 0 Å². The SMILES string of the molecule is CN(Cc1ccc2c(c1)OCO2)C(=O)CC1CC2CCC(C1)N2. The van der Waals surface area contributed by atoms with Crippen molar-refractivity contribution >= 4 is 5.91 Å². The molecule has 0 spiro atoms. The largest absolute Gasteiger partial charge is 0.454 e. The van der Waals surface area contributed by atoms with Crippen molar-refractivity contribution in [2.75, 3.05) is 13.8 Å². The van der Waals surface area contributed by atoms with E-state index in [2.05, 4.69) is 5.32 Å². The monoisotopic (exact) mass is 316 g/mol. The average Bonchev–Trinajstić information content (AvgIpc) is 3.13. The highest BCUT2D eigenvalue weighted by Gasteiger charge is 2.34. The molecule has 0 radical (unpaired) electrons. The van der Waals surface area contributed by atoms with Crippen molar-refractivity contribution in [2.45, 2.75) is 50.7 Å². The summed E-state index contributed by atoms with van der Waals surface area (Å²) in [7, 11) is 1.89. The number of hydrogen-bond acceptors (Lipinski definition) is 4. The van der Waals surface area contributed by atoms with Gasteiger partial charge in [-0.15, -0.1) is 0 Å². The van der Waals surface area contributed by atoms with Gasteiger partial charge in [-0.1, -0.05) is 6.07 Å². The highest BCUT2D eigenvalue weighted by Crippen LogP contribution is 2.34. The predicted octanol–water partition coefficient (Wildman–Crippen LogP) is 2.29. The Hall–Kier alpha value is -1.75. The third-order valence-corrected chi connectivity index (χ3v) is 5.32. The number of amides is 1. The Morgan fingerprint density at radius 2 is 1.96 bits per heavy atom. The minimum atomic E-state index is 0.244. The van der Waals surface area contributed by atoms with Crippen LogP contribution in [0.3, 0.4) is 0 Å². The van der Waals surface area contributed by atoms with Crippen molar-refractivity contribution in [3.05, 3.63) is 23.8 Å². The van der Waals surface area contributed by atoms with Gasteiger partial charge >= 0.3 is 0 Å². The van der Waals surface area contributed by atoms with E-state index in [0.717, 1.165) is 29.9 Å². The lowest BCUT2D eigenvalue weighted by atomic mass is 9.89. The zero-order valence-electron chi connectivity index (χ0n) is 13.6. The number of ether oxygens (including phenoxy) is 2. The van der Waals surface area contributed by atoms with Crippen molar-refractivity contribution in [2.24, 2.45) is 5.92 Å². The van der Waals surface area contributed by atoms with Crippen LogP contribution < -0.4 is 14.8 Å². The van der Waals surface area contributed by atoms with Gasteiger partial charge in [0.1, 0.15) is 0 Å². The summed E-state index contributed by atoms with van der Waals surface area (Å²) in [6, 6.07) is 7.18. The second kappa shape index (κ2) is 6.04. The van der Waals surface area contributed by atoms with Gasteiger partial charge in [-0.05, 0) is 49.3 Å². The van der Waals surface area contributed by atoms with Gasteiger partial charge in [-0.25, -0.2) is 0 Å². The van der Waals surface area contributed by atoms with E-state index in [1.165, 1.54) is 12.8 Å². The second-order valence-electron chi connectivity index (χ2n) is 7.12. The molecule has 23 heavy (non-hydrogen) atoms.